The molecule has 1 aliphatic heterocycles. The van der Waals surface area contributed by atoms with E-state index in [4.69, 9.17) is 5.73 Å². The topological polar surface area (TPSA) is 63.4 Å². The number of hydrogen-bond donors (Lipinski definition) is 1. The Morgan fingerprint density at radius 3 is 2.33 bits per heavy atom. The zero-order chi connectivity index (χ0) is 15.3. The van der Waals surface area contributed by atoms with Crippen LogP contribution in [0.15, 0.2) is 29.2 Å². The summed E-state index contributed by atoms with van der Waals surface area (Å²) in [5.41, 5.74) is 6.49. The van der Waals surface area contributed by atoms with Crippen LogP contribution in [-0.2, 0) is 16.4 Å². The SMILES string of the molecule is CCC1CCN(CCS(=O)(=O)c2ccc(CN)cc2)CC1. The molecule has 5 heteroatoms. The average Bonchev–Trinajstić information content (AvgIpc) is 2.53. The van der Waals surface area contributed by atoms with Gasteiger partial charge in [0.2, 0.25) is 0 Å². The number of nitrogens with zero attached hydrogens (tertiary/aromatic N) is 1. The molecule has 1 aliphatic rings. The van der Waals surface area contributed by atoms with E-state index < -0.39 is 9.84 Å². The van der Waals surface area contributed by atoms with E-state index in [9.17, 15) is 8.42 Å². The molecule has 0 amide bonds. The van der Waals surface area contributed by atoms with Crippen molar-refractivity contribution in [2.45, 2.75) is 37.6 Å². The van der Waals surface area contributed by atoms with Gasteiger partial charge in [-0.25, -0.2) is 8.42 Å². The first kappa shape index (κ1) is 16.5. The molecular weight excluding hydrogens is 284 g/mol. The maximum Gasteiger partial charge on any atom is 0.179 e. The van der Waals surface area contributed by atoms with E-state index in [0.717, 1.165) is 24.6 Å². The van der Waals surface area contributed by atoms with Crippen LogP contribution in [0.3, 0.4) is 0 Å². The van der Waals surface area contributed by atoms with Crippen molar-refractivity contribution in [3.05, 3.63) is 29.8 Å². The van der Waals surface area contributed by atoms with Gasteiger partial charge in [0.15, 0.2) is 9.84 Å². The smallest absolute Gasteiger partial charge is 0.179 e. The minimum absolute atomic E-state index is 0.200. The van der Waals surface area contributed by atoms with Gasteiger partial charge in [-0.1, -0.05) is 25.5 Å². The van der Waals surface area contributed by atoms with Crippen LogP contribution in [-0.4, -0.2) is 38.7 Å². The summed E-state index contributed by atoms with van der Waals surface area (Å²) in [6, 6.07) is 6.92. The van der Waals surface area contributed by atoms with Gasteiger partial charge in [0.1, 0.15) is 0 Å². The first-order valence-corrected chi connectivity index (χ1v) is 9.44. The predicted octanol–water partition coefficient (Wildman–Crippen LogP) is 2.04. The van der Waals surface area contributed by atoms with Crippen LogP contribution in [0.2, 0.25) is 0 Å². The Morgan fingerprint density at radius 2 is 1.81 bits per heavy atom. The minimum Gasteiger partial charge on any atom is -0.326 e. The molecule has 4 nitrogen and oxygen atoms in total. The third-order valence-electron chi connectivity index (χ3n) is 4.48. The molecule has 2 rings (SSSR count). The molecule has 0 saturated carbocycles. The van der Waals surface area contributed by atoms with Gasteiger partial charge in [-0.15, -0.1) is 0 Å². The van der Waals surface area contributed by atoms with Gasteiger partial charge in [0.05, 0.1) is 10.6 Å². The van der Waals surface area contributed by atoms with Gasteiger partial charge in [-0.05, 0) is 49.5 Å². The number of rotatable bonds is 6. The lowest BCUT2D eigenvalue weighted by molar-refractivity contribution is 0.190. The zero-order valence-corrected chi connectivity index (χ0v) is 13.6. The maximum atomic E-state index is 12.3. The first-order valence-electron chi connectivity index (χ1n) is 7.79. The molecule has 0 aliphatic carbocycles. The van der Waals surface area contributed by atoms with Crippen molar-refractivity contribution in [1.29, 1.82) is 0 Å². The van der Waals surface area contributed by atoms with Crippen molar-refractivity contribution in [2.24, 2.45) is 11.7 Å². The van der Waals surface area contributed by atoms with E-state index in [2.05, 4.69) is 11.8 Å². The third kappa shape index (κ3) is 4.53. The molecule has 1 fully saturated rings. The summed E-state index contributed by atoms with van der Waals surface area (Å²) in [5, 5.41) is 0. The zero-order valence-electron chi connectivity index (χ0n) is 12.8. The largest absolute Gasteiger partial charge is 0.326 e. The van der Waals surface area contributed by atoms with Crippen LogP contribution in [0.5, 0.6) is 0 Å². The van der Waals surface area contributed by atoms with E-state index in [1.54, 1.807) is 24.3 Å². The Labute approximate surface area is 128 Å². The lowest BCUT2D eigenvalue weighted by atomic mass is 9.94. The normalized spacial score (nSPS) is 18.0. The van der Waals surface area contributed by atoms with Crippen LogP contribution >= 0.6 is 0 Å². The van der Waals surface area contributed by atoms with E-state index in [1.165, 1.54) is 19.3 Å². The second-order valence-electron chi connectivity index (χ2n) is 5.86. The van der Waals surface area contributed by atoms with Crippen molar-refractivity contribution in [3.8, 4) is 0 Å². The van der Waals surface area contributed by atoms with Gasteiger partial charge in [0.25, 0.3) is 0 Å². The molecule has 21 heavy (non-hydrogen) atoms. The fraction of sp³-hybridized carbons (Fsp3) is 0.625. The Bertz CT molecular complexity index is 532. The number of nitrogens with two attached hydrogens (primary N) is 1. The summed E-state index contributed by atoms with van der Waals surface area (Å²) in [6.45, 7) is 5.36. The van der Waals surface area contributed by atoms with E-state index in [1.807, 2.05) is 0 Å². The van der Waals surface area contributed by atoms with Gasteiger partial charge in [0, 0.05) is 13.1 Å². The standard InChI is InChI=1S/C16H26N2O2S/c1-2-14-7-9-18(10-8-14)11-12-21(19,20)16-5-3-15(13-17)4-6-16/h3-6,14H,2,7-13,17H2,1H3. The fourth-order valence-electron chi connectivity index (χ4n) is 2.82. The monoisotopic (exact) mass is 310 g/mol. The Morgan fingerprint density at radius 1 is 1.19 bits per heavy atom. The molecule has 1 heterocycles. The van der Waals surface area contributed by atoms with Crippen LogP contribution in [0.1, 0.15) is 31.7 Å². The van der Waals surface area contributed by atoms with Gasteiger partial charge in [-0.2, -0.15) is 0 Å². The Kier molecular flexibility index (Phi) is 5.79. The number of hydrogen-bond acceptors (Lipinski definition) is 4. The predicted molar refractivity (Wildman–Crippen MR) is 85.8 cm³/mol. The lowest BCUT2D eigenvalue weighted by Crippen LogP contribution is -2.36. The summed E-state index contributed by atoms with van der Waals surface area (Å²) >= 11 is 0. The molecule has 2 N–H and O–H groups in total. The van der Waals surface area contributed by atoms with Crippen molar-refractivity contribution in [3.63, 3.8) is 0 Å². The molecule has 1 saturated heterocycles. The number of benzene rings is 1. The summed E-state index contributed by atoms with van der Waals surface area (Å²) < 4.78 is 24.7. The van der Waals surface area contributed by atoms with Crippen LogP contribution in [0, 0.1) is 5.92 Å². The molecule has 0 radical (unpaired) electrons. The third-order valence-corrected chi connectivity index (χ3v) is 6.19. The molecule has 0 atom stereocenters. The highest BCUT2D eigenvalue weighted by atomic mass is 32.2. The molecular formula is C16H26N2O2S. The van der Waals surface area contributed by atoms with E-state index >= 15 is 0 Å². The molecule has 0 bridgehead atoms. The highest BCUT2D eigenvalue weighted by Gasteiger charge is 2.20. The maximum absolute atomic E-state index is 12.3. The molecule has 1 aromatic rings. The molecule has 1 aromatic carbocycles. The van der Waals surface area contributed by atoms with Crippen molar-refractivity contribution in [1.82, 2.24) is 4.90 Å². The quantitative estimate of drug-likeness (QED) is 0.873. The molecule has 118 valence electrons. The minimum atomic E-state index is -3.19. The van der Waals surface area contributed by atoms with Gasteiger partial charge < -0.3 is 10.6 Å². The van der Waals surface area contributed by atoms with Crippen molar-refractivity contribution in [2.75, 3.05) is 25.4 Å². The highest BCUT2D eigenvalue weighted by Crippen LogP contribution is 2.20. The second-order valence-corrected chi connectivity index (χ2v) is 7.97. The fourth-order valence-corrected chi connectivity index (χ4v) is 4.10. The van der Waals surface area contributed by atoms with Gasteiger partial charge >= 0.3 is 0 Å². The number of likely N-dealkylation sites (tertiary alicyclic amines) is 1. The van der Waals surface area contributed by atoms with E-state index in [0.29, 0.717) is 18.0 Å². The molecule has 0 unspecified atom stereocenters. The van der Waals surface area contributed by atoms with E-state index in [-0.39, 0.29) is 5.75 Å². The summed E-state index contributed by atoms with van der Waals surface area (Å²) in [6.07, 6.45) is 3.63. The number of sulfone groups is 1. The lowest BCUT2D eigenvalue weighted by Gasteiger charge is -2.31. The molecule has 0 aromatic heterocycles. The van der Waals surface area contributed by atoms with Crippen molar-refractivity contribution < 1.29 is 8.42 Å². The average molecular weight is 310 g/mol. The Balaban J connectivity index is 1.89. The summed E-state index contributed by atoms with van der Waals surface area (Å²) in [5.74, 6) is 1.02. The molecule has 0 spiro atoms. The van der Waals surface area contributed by atoms with Crippen molar-refractivity contribution >= 4 is 9.84 Å². The second kappa shape index (κ2) is 7.38. The van der Waals surface area contributed by atoms with Gasteiger partial charge in [-0.3, -0.25) is 0 Å². The first-order chi connectivity index (χ1) is 10.0. The Hall–Kier alpha value is -0.910. The summed E-state index contributed by atoms with van der Waals surface area (Å²) in [4.78, 5) is 2.68. The van der Waals surface area contributed by atoms with Crippen LogP contribution in [0.4, 0.5) is 0 Å². The number of piperidine rings is 1. The summed E-state index contributed by atoms with van der Waals surface area (Å²) in [7, 11) is -3.19. The van der Waals surface area contributed by atoms with Crippen LogP contribution in [0.25, 0.3) is 0 Å². The van der Waals surface area contributed by atoms with Crippen LogP contribution < -0.4 is 5.73 Å². The highest BCUT2D eigenvalue weighted by molar-refractivity contribution is 7.91.